The summed E-state index contributed by atoms with van der Waals surface area (Å²) in [4.78, 5) is 12.4. The highest BCUT2D eigenvalue weighted by Gasteiger charge is 1.95. The van der Waals surface area contributed by atoms with Crippen molar-refractivity contribution in [2.24, 2.45) is 4.99 Å². The lowest BCUT2D eigenvalue weighted by Crippen LogP contribution is -1.93. The van der Waals surface area contributed by atoms with Crippen molar-refractivity contribution in [2.75, 3.05) is 6.54 Å². The first-order valence-corrected chi connectivity index (χ1v) is 7.64. The van der Waals surface area contributed by atoms with E-state index in [-0.39, 0.29) is 0 Å². The lowest BCUT2D eigenvalue weighted by Gasteiger charge is -2.01. The van der Waals surface area contributed by atoms with E-state index >= 15 is 0 Å². The second-order valence-electron chi connectivity index (χ2n) is 4.72. The van der Waals surface area contributed by atoms with E-state index in [9.17, 15) is 0 Å². The van der Waals surface area contributed by atoms with Crippen LogP contribution in [-0.4, -0.2) is 21.7 Å². The molecule has 0 aliphatic carbocycles. The average molecular weight is 277 g/mol. The molecule has 3 nitrogen and oxygen atoms in total. The Bertz CT molecular complexity index is 361. The summed E-state index contributed by atoms with van der Waals surface area (Å²) >= 11 is 4.52. The fourth-order valence-corrected chi connectivity index (χ4v) is 2.13. The van der Waals surface area contributed by atoms with Gasteiger partial charge in [0.05, 0.1) is 5.16 Å². The van der Waals surface area contributed by atoms with E-state index in [1.165, 1.54) is 44.9 Å². The summed E-state index contributed by atoms with van der Waals surface area (Å²) in [6.45, 7) is 0.848. The van der Waals surface area contributed by atoms with Gasteiger partial charge in [-0.2, -0.15) is 0 Å². The van der Waals surface area contributed by atoms with Crippen molar-refractivity contribution in [3.8, 4) is 0 Å². The molecule has 104 valence electrons. The zero-order valence-electron chi connectivity index (χ0n) is 11.6. The van der Waals surface area contributed by atoms with Gasteiger partial charge in [-0.15, -0.1) is 0 Å². The van der Waals surface area contributed by atoms with Gasteiger partial charge in [-0.3, -0.25) is 0 Å². The molecule has 0 bridgehead atoms. The third-order valence-corrected chi connectivity index (χ3v) is 3.23. The highest BCUT2D eigenvalue weighted by molar-refractivity contribution is 7.78. The van der Waals surface area contributed by atoms with Crippen molar-refractivity contribution in [1.29, 1.82) is 0 Å². The van der Waals surface area contributed by atoms with Gasteiger partial charge in [-0.25, -0.2) is 15.0 Å². The molecule has 0 unspecified atom stereocenters. The minimum absolute atomic E-state index is 0.848. The summed E-state index contributed by atoms with van der Waals surface area (Å²) in [5.41, 5.74) is 0. The van der Waals surface area contributed by atoms with Crippen molar-refractivity contribution in [1.82, 2.24) is 9.97 Å². The van der Waals surface area contributed by atoms with Crippen LogP contribution in [-0.2, 0) is 6.42 Å². The van der Waals surface area contributed by atoms with Gasteiger partial charge in [0.25, 0.3) is 0 Å². The topological polar surface area (TPSA) is 38.1 Å². The average Bonchev–Trinajstić information content (AvgIpc) is 2.46. The summed E-state index contributed by atoms with van der Waals surface area (Å²) in [5.74, 6) is 0.974. The smallest absolute Gasteiger partial charge is 0.128 e. The van der Waals surface area contributed by atoms with Gasteiger partial charge < -0.3 is 0 Å². The molecule has 1 aromatic rings. The third-order valence-electron chi connectivity index (χ3n) is 3.10. The Morgan fingerprint density at radius 3 is 2.11 bits per heavy atom. The standard InChI is InChI=1S/C15H23N3S/c19-14-16-11-8-6-4-2-1-3-5-7-10-15-17-12-9-13-18-15/h9,12-13H,1-8,10-11H2. The molecule has 0 saturated heterocycles. The zero-order valence-corrected chi connectivity index (χ0v) is 12.4. The number of thiocarbonyl (C=S) groups is 1. The predicted molar refractivity (Wildman–Crippen MR) is 82.6 cm³/mol. The number of hydrogen-bond donors (Lipinski definition) is 0. The summed E-state index contributed by atoms with van der Waals surface area (Å²) in [6, 6.07) is 1.86. The number of hydrogen-bond acceptors (Lipinski definition) is 4. The second-order valence-corrected chi connectivity index (χ2v) is 4.90. The number of aliphatic imine (C=N–C) groups is 1. The Hall–Kier alpha value is -1.12. The van der Waals surface area contributed by atoms with Gasteiger partial charge in [0.2, 0.25) is 0 Å². The fraction of sp³-hybridized carbons (Fsp3) is 0.667. The molecule has 0 amide bonds. The van der Waals surface area contributed by atoms with Gasteiger partial charge in [-0.05, 0) is 31.1 Å². The number of isothiocyanates is 1. The summed E-state index contributed by atoms with van der Waals surface area (Å²) in [6.07, 6.45) is 14.9. The van der Waals surface area contributed by atoms with E-state index < -0.39 is 0 Å². The Kier molecular flexibility index (Phi) is 10.0. The molecule has 0 spiro atoms. The van der Waals surface area contributed by atoms with Crippen LogP contribution in [0, 0.1) is 0 Å². The molecule has 0 saturated carbocycles. The molecule has 1 aromatic heterocycles. The Morgan fingerprint density at radius 1 is 0.895 bits per heavy atom. The molecule has 0 N–H and O–H groups in total. The monoisotopic (exact) mass is 277 g/mol. The maximum atomic E-state index is 4.52. The van der Waals surface area contributed by atoms with Crippen molar-refractivity contribution in [3.63, 3.8) is 0 Å². The van der Waals surface area contributed by atoms with E-state index in [0.717, 1.165) is 25.2 Å². The molecule has 0 atom stereocenters. The van der Waals surface area contributed by atoms with Gasteiger partial charge in [0.1, 0.15) is 5.82 Å². The number of nitrogens with zero attached hydrogens (tertiary/aromatic N) is 3. The molecule has 0 aliphatic rings. The minimum atomic E-state index is 0.848. The van der Waals surface area contributed by atoms with Crippen LogP contribution < -0.4 is 0 Å². The highest BCUT2D eigenvalue weighted by Crippen LogP contribution is 2.09. The quantitative estimate of drug-likeness (QED) is 0.345. The SMILES string of the molecule is S=C=NCCCCCCCCCCc1ncccn1. The maximum absolute atomic E-state index is 4.52. The second kappa shape index (κ2) is 11.9. The summed E-state index contributed by atoms with van der Waals surface area (Å²) in [5, 5.41) is 2.40. The number of rotatable bonds is 11. The molecule has 0 aliphatic heterocycles. The molecular weight excluding hydrogens is 254 g/mol. The molecule has 4 heteroatoms. The van der Waals surface area contributed by atoms with Crippen molar-refractivity contribution in [2.45, 2.75) is 57.8 Å². The van der Waals surface area contributed by atoms with Crippen LogP contribution in [0.25, 0.3) is 0 Å². The Morgan fingerprint density at radius 2 is 1.47 bits per heavy atom. The largest absolute Gasteiger partial charge is 0.241 e. The minimum Gasteiger partial charge on any atom is -0.241 e. The van der Waals surface area contributed by atoms with Crippen molar-refractivity contribution >= 4 is 17.4 Å². The summed E-state index contributed by atoms with van der Waals surface area (Å²) in [7, 11) is 0. The molecular formula is C15H23N3S. The van der Waals surface area contributed by atoms with Crippen LogP contribution >= 0.6 is 12.2 Å². The molecule has 1 rings (SSSR count). The lowest BCUT2D eigenvalue weighted by atomic mass is 10.1. The van der Waals surface area contributed by atoms with Gasteiger partial charge in [-0.1, -0.05) is 38.5 Å². The third kappa shape index (κ3) is 9.46. The first-order chi connectivity index (χ1) is 9.43. The summed E-state index contributed by atoms with van der Waals surface area (Å²) < 4.78 is 0. The van der Waals surface area contributed by atoms with Crippen LogP contribution in [0.4, 0.5) is 0 Å². The van der Waals surface area contributed by atoms with E-state index in [1.807, 2.05) is 18.5 Å². The molecule has 19 heavy (non-hydrogen) atoms. The number of unbranched alkanes of at least 4 members (excludes halogenated alkanes) is 7. The normalized spacial score (nSPS) is 10.1. The van der Waals surface area contributed by atoms with E-state index in [2.05, 4.69) is 32.3 Å². The highest BCUT2D eigenvalue weighted by atomic mass is 32.1. The molecule has 1 heterocycles. The Balaban J connectivity index is 1.82. The van der Waals surface area contributed by atoms with Crippen molar-refractivity contribution in [3.05, 3.63) is 24.3 Å². The fourth-order valence-electron chi connectivity index (χ4n) is 2.04. The van der Waals surface area contributed by atoms with Crippen LogP contribution in [0.3, 0.4) is 0 Å². The zero-order chi connectivity index (χ0) is 13.6. The van der Waals surface area contributed by atoms with Crippen LogP contribution in [0.2, 0.25) is 0 Å². The van der Waals surface area contributed by atoms with Crippen LogP contribution in [0.5, 0.6) is 0 Å². The first-order valence-electron chi connectivity index (χ1n) is 7.23. The van der Waals surface area contributed by atoms with E-state index in [0.29, 0.717) is 0 Å². The number of aryl methyl sites for hydroxylation is 1. The molecule has 0 aromatic carbocycles. The van der Waals surface area contributed by atoms with Crippen molar-refractivity contribution < 1.29 is 0 Å². The van der Waals surface area contributed by atoms with E-state index in [1.54, 1.807) is 0 Å². The van der Waals surface area contributed by atoms with E-state index in [4.69, 9.17) is 0 Å². The maximum Gasteiger partial charge on any atom is 0.128 e. The van der Waals surface area contributed by atoms with Crippen LogP contribution in [0.1, 0.15) is 57.2 Å². The molecule has 0 fully saturated rings. The predicted octanol–water partition coefficient (Wildman–Crippen LogP) is 4.24. The lowest BCUT2D eigenvalue weighted by molar-refractivity contribution is 0.567. The first kappa shape index (κ1) is 15.9. The van der Waals surface area contributed by atoms with Crippen LogP contribution in [0.15, 0.2) is 23.5 Å². The van der Waals surface area contributed by atoms with Gasteiger partial charge >= 0.3 is 0 Å². The van der Waals surface area contributed by atoms with Gasteiger partial charge in [0, 0.05) is 25.4 Å². The van der Waals surface area contributed by atoms with Gasteiger partial charge in [0.15, 0.2) is 0 Å². The Labute approximate surface area is 121 Å². The number of aromatic nitrogens is 2. The molecule has 0 radical (unpaired) electrons.